The van der Waals surface area contributed by atoms with Crippen LogP contribution in [0.5, 0.6) is 0 Å². The predicted octanol–water partition coefficient (Wildman–Crippen LogP) is 1.27. The van der Waals surface area contributed by atoms with Crippen molar-refractivity contribution in [2.45, 2.75) is 25.7 Å². The van der Waals surface area contributed by atoms with Crippen LogP contribution in [0.1, 0.15) is 25.7 Å². The SMILES string of the molecule is COC.O=C1CC(=O)C2=C1CCC2. The second-order valence-corrected chi connectivity index (χ2v) is 3.24. The van der Waals surface area contributed by atoms with Gasteiger partial charge in [-0.25, -0.2) is 0 Å². The molecule has 0 aromatic heterocycles. The fraction of sp³-hybridized carbons (Fsp3) is 0.600. The first-order valence-corrected chi connectivity index (χ1v) is 4.39. The maximum Gasteiger partial charge on any atom is 0.166 e. The van der Waals surface area contributed by atoms with Crippen molar-refractivity contribution >= 4 is 11.6 Å². The van der Waals surface area contributed by atoms with Gasteiger partial charge in [0.25, 0.3) is 0 Å². The lowest BCUT2D eigenvalue weighted by Crippen LogP contribution is -1.99. The van der Waals surface area contributed by atoms with Crippen molar-refractivity contribution in [2.24, 2.45) is 0 Å². The summed E-state index contributed by atoms with van der Waals surface area (Å²) < 4.78 is 4.25. The van der Waals surface area contributed by atoms with E-state index in [2.05, 4.69) is 4.74 Å². The van der Waals surface area contributed by atoms with Crippen LogP contribution in [0.4, 0.5) is 0 Å². The Bertz CT molecular complexity index is 239. The Morgan fingerprint density at radius 2 is 1.38 bits per heavy atom. The number of methoxy groups -OCH3 is 1. The molecule has 0 unspecified atom stereocenters. The van der Waals surface area contributed by atoms with Crippen LogP contribution < -0.4 is 0 Å². The van der Waals surface area contributed by atoms with E-state index in [0.29, 0.717) is 0 Å². The molecule has 0 saturated heterocycles. The highest BCUT2D eigenvalue weighted by Crippen LogP contribution is 2.33. The van der Waals surface area contributed by atoms with E-state index in [-0.39, 0.29) is 18.0 Å². The molecule has 0 aliphatic heterocycles. The van der Waals surface area contributed by atoms with Crippen molar-refractivity contribution in [1.29, 1.82) is 0 Å². The van der Waals surface area contributed by atoms with Gasteiger partial charge in [0.15, 0.2) is 11.6 Å². The summed E-state index contributed by atoms with van der Waals surface area (Å²) in [4.78, 5) is 22.0. The molecule has 0 radical (unpaired) electrons. The number of ketones is 2. The van der Waals surface area contributed by atoms with Crippen LogP contribution >= 0.6 is 0 Å². The monoisotopic (exact) mass is 182 g/mol. The molecule has 0 aromatic rings. The minimum atomic E-state index is 0.0810. The van der Waals surface area contributed by atoms with Crippen LogP contribution in [0, 0.1) is 0 Å². The number of hydrogen-bond donors (Lipinski definition) is 0. The summed E-state index contributed by atoms with van der Waals surface area (Å²) in [7, 11) is 3.25. The first-order valence-electron chi connectivity index (χ1n) is 4.39. The summed E-state index contributed by atoms with van der Waals surface area (Å²) in [5, 5.41) is 0. The van der Waals surface area contributed by atoms with E-state index < -0.39 is 0 Å². The molecule has 2 aliphatic rings. The van der Waals surface area contributed by atoms with Crippen molar-refractivity contribution in [3.05, 3.63) is 11.1 Å². The molecule has 3 heteroatoms. The summed E-state index contributed by atoms with van der Waals surface area (Å²) in [6.45, 7) is 0. The Morgan fingerprint density at radius 1 is 1.00 bits per heavy atom. The van der Waals surface area contributed by atoms with Crippen molar-refractivity contribution in [2.75, 3.05) is 14.2 Å². The lowest BCUT2D eigenvalue weighted by molar-refractivity contribution is -0.121. The largest absolute Gasteiger partial charge is 0.388 e. The number of Topliss-reactive ketones (excluding diaryl/α,β-unsaturated/α-hetero) is 2. The minimum Gasteiger partial charge on any atom is -0.388 e. The van der Waals surface area contributed by atoms with Gasteiger partial charge in [-0.1, -0.05) is 0 Å². The Kier molecular flexibility index (Phi) is 3.37. The van der Waals surface area contributed by atoms with Crippen molar-refractivity contribution in [1.82, 2.24) is 0 Å². The molecule has 0 fully saturated rings. The molecule has 0 heterocycles. The van der Waals surface area contributed by atoms with Gasteiger partial charge in [-0.15, -0.1) is 0 Å². The lowest BCUT2D eigenvalue weighted by Gasteiger charge is -1.90. The zero-order valence-electron chi connectivity index (χ0n) is 8.05. The molecular weight excluding hydrogens is 168 g/mol. The van der Waals surface area contributed by atoms with E-state index in [1.165, 1.54) is 0 Å². The second kappa shape index (κ2) is 4.33. The van der Waals surface area contributed by atoms with E-state index >= 15 is 0 Å². The zero-order valence-corrected chi connectivity index (χ0v) is 8.05. The first-order chi connectivity index (χ1) is 6.20. The topological polar surface area (TPSA) is 43.4 Å². The molecule has 2 aliphatic carbocycles. The standard InChI is InChI=1S/C8H8O2.C2H6O/c9-7-4-8(10)6-3-1-2-5(6)7;1-3-2/h1-4H2;1-2H3. The summed E-state index contributed by atoms with van der Waals surface area (Å²) >= 11 is 0. The molecule has 0 saturated carbocycles. The van der Waals surface area contributed by atoms with Gasteiger partial charge in [0.1, 0.15) is 0 Å². The molecule has 2 rings (SSSR count). The number of allylic oxidation sites excluding steroid dienone is 2. The van der Waals surface area contributed by atoms with Crippen LogP contribution in [-0.2, 0) is 14.3 Å². The molecule has 0 N–H and O–H groups in total. The van der Waals surface area contributed by atoms with Gasteiger partial charge in [0, 0.05) is 25.4 Å². The van der Waals surface area contributed by atoms with Crippen LogP contribution in [0.25, 0.3) is 0 Å². The summed E-state index contributed by atoms with van der Waals surface area (Å²) in [6, 6.07) is 0. The van der Waals surface area contributed by atoms with Gasteiger partial charge in [0.05, 0.1) is 6.42 Å². The molecule has 3 nitrogen and oxygen atoms in total. The number of carbonyl (C=O) groups is 2. The third kappa shape index (κ3) is 2.04. The first kappa shape index (κ1) is 10.1. The van der Waals surface area contributed by atoms with Crippen LogP contribution in [0.3, 0.4) is 0 Å². The van der Waals surface area contributed by atoms with E-state index in [4.69, 9.17) is 0 Å². The second-order valence-electron chi connectivity index (χ2n) is 3.24. The Balaban J connectivity index is 0.000000251. The number of carbonyl (C=O) groups excluding carboxylic acids is 2. The van der Waals surface area contributed by atoms with Gasteiger partial charge >= 0.3 is 0 Å². The summed E-state index contributed by atoms with van der Waals surface area (Å²) in [6.07, 6.45) is 2.85. The van der Waals surface area contributed by atoms with Crippen LogP contribution in [-0.4, -0.2) is 25.8 Å². The van der Waals surface area contributed by atoms with Gasteiger partial charge in [0.2, 0.25) is 0 Å². The highest BCUT2D eigenvalue weighted by atomic mass is 16.4. The Morgan fingerprint density at radius 3 is 1.77 bits per heavy atom. The smallest absolute Gasteiger partial charge is 0.166 e. The molecule has 72 valence electrons. The highest BCUT2D eigenvalue weighted by Gasteiger charge is 2.32. The Labute approximate surface area is 77.8 Å². The molecule has 0 bridgehead atoms. The van der Waals surface area contributed by atoms with Gasteiger partial charge in [-0.05, 0) is 19.3 Å². The quantitative estimate of drug-likeness (QED) is 0.530. The van der Waals surface area contributed by atoms with Crippen molar-refractivity contribution in [3.8, 4) is 0 Å². The summed E-state index contributed by atoms with van der Waals surface area (Å²) in [5.74, 6) is 0.162. The van der Waals surface area contributed by atoms with Crippen LogP contribution in [0.15, 0.2) is 11.1 Å². The van der Waals surface area contributed by atoms with E-state index in [0.717, 1.165) is 30.4 Å². The molecule has 0 amide bonds. The third-order valence-corrected chi connectivity index (χ3v) is 2.21. The molecular formula is C10H14O3. The fourth-order valence-corrected chi connectivity index (χ4v) is 1.72. The van der Waals surface area contributed by atoms with Gasteiger partial charge in [-0.2, -0.15) is 0 Å². The number of rotatable bonds is 0. The maximum atomic E-state index is 11.0. The van der Waals surface area contributed by atoms with Crippen LogP contribution in [0.2, 0.25) is 0 Å². The normalized spacial score (nSPS) is 20.2. The Hall–Kier alpha value is -0.960. The number of ether oxygens (including phenoxy) is 1. The fourth-order valence-electron chi connectivity index (χ4n) is 1.72. The molecule has 0 aromatic carbocycles. The highest BCUT2D eigenvalue weighted by molar-refractivity contribution is 6.22. The average Bonchev–Trinajstić information content (AvgIpc) is 2.60. The lowest BCUT2D eigenvalue weighted by atomic mass is 10.1. The minimum absolute atomic E-state index is 0.0810. The molecule has 0 spiro atoms. The van der Waals surface area contributed by atoms with Crippen molar-refractivity contribution < 1.29 is 14.3 Å². The van der Waals surface area contributed by atoms with E-state index in [1.54, 1.807) is 14.2 Å². The molecule has 0 atom stereocenters. The van der Waals surface area contributed by atoms with E-state index in [1.807, 2.05) is 0 Å². The summed E-state index contributed by atoms with van der Waals surface area (Å²) in [5.41, 5.74) is 1.68. The van der Waals surface area contributed by atoms with Gasteiger partial charge in [-0.3, -0.25) is 9.59 Å². The van der Waals surface area contributed by atoms with E-state index in [9.17, 15) is 9.59 Å². The average molecular weight is 182 g/mol. The zero-order chi connectivity index (χ0) is 9.84. The van der Waals surface area contributed by atoms with Crippen molar-refractivity contribution in [3.63, 3.8) is 0 Å². The number of hydrogen-bond acceptors (Lipinski definition) is 3. The molecule has 13 heavy (non-hydrogen) atoms. The third-order valence-electron chi connectivity index (χ3n) is 2.21. The van der Waals surface area contributed by atoms with Gasteiger partial charge < -0.3 is 4.74 Å². The maximum absolute atomic E-state index is 11.0. The predicted molar refractivity (Wildman–Crippen MR) is 48.4 cm³/mol.